The highest BCUT2D eigenvalue weighted by atomic mass is 16.5. The van der Waals surface area contributed by atoms with Crippen molar-refractivity contribution in [3.05, 3.63) is 29.3 Å². The van der Waals surface area contributed by atoms with Crippen LogP contribution in [0.3, 0.4) is 0 Å². The predicted octanol–water partition coefficient (Wildman–Crippen LogP) is 1.22. The number of nitriles is 1. The van der Waals surface area contributed by atoms with E-state index >= 15 is 0 Å². The normalized spacial score (nSPS) is 22.9. The molecule has 0 aromatic heterocycles. The molecule has 0 saturated carbocycles. The number of hydrogen-bond donors (Lipinski definition) is 2. The van der Waals surface area contributed by atoms with Crippen molar-refractivity contribution in [3.63, 3.8) is 0 Å². The molecule has 0 spiro atoms. The highest BCUT2D eigenvalue weighted by molar-refractivity contribution is 5.75. The smallest absolute Gasteiger partial charge is 0.313 e. The number of carbonyl (C=O) groups is 2. The number of rotatable bonds is 3. The molecule has 2 rings (SSSR count). The SMILES string of the molecule is CC1(C)Oc2ccc(C#N)cc2[C@H](NC=O)[C@H]1C(=O)O. The minimum absolute atomic E-state index is 0.383. The predicted molar refractivity (Wildman–Crippen MR) is 68.9 cm³/mol. The van der Waals surface area contributed by atoms with Gasteiger partial charge in [-0.25, -0.2) is 0 Å². The van der Waals surface area contributed by atoms with Gasteiger partial charge in [-0.15, -0.1) is 0 Å². The average Bonchev–Trinajstić information content (AvgIpc) is 2.37. The fraction of sp³-hybridized carbons (Fsp3) is 0.357. The summed E-state index contributed by atoms with van der Waals surface area (Å²) in [5.41, 5.74) is -0.0926. The first-order valence-corrected chi connectivity index (χ1v) is 6.06. The molecule has 1 amide bonds. The molecule has 1 aromatic rings. The highest BCUT2D eigenvalue weighted by Gasteiger charge is 2.48. The fourth-order valence-electron chi connectivity index (χ4n) is 2.58. The van der Waals surface area contributed by atoms with E-state index in [1.165, 1.54) is 0 Å². The second-order valence-electron chi connectivity index (χ2n) is 5.15. The van der Waals surface area contributed by atoms with Gasteiger partial charge in [-0.3, -0.25) is 9.59 Å². The molecule has 0 fully saturated rings. The maximum Gasteiger partial charge on any atom is 0.313 e. The second kappa shape index (κ2) is 4.85. The summed E-state index contributed by atoms with van der Waals surface area (Å²) < 4.78 is 5.72. The van der Waals surface area contributed by atoms with Gasteiger partial charge in [0.05, 0.1) is 17.7 Å². The van der Waals surface area contributed by atoms with Gasteiger partial charge in [-0.05, 0) is 32.0 Å². The van der Waals surface area contributed by atoms with Gasteiger partial charge in [0.15, 0.2) is 0 Å². The summed E-state index contributed by atoms with van der Waals surface area (Å²) in [5, 5.41) is 20.9. The summed E-state index contributed by atoms with van der Waals surface area (Å²) in [6.45, 7) is 3.32. The Kier molecular flexibility index (Phi) is 3.36. The van der Waals surface area contributed by atoms with Crippen LogP contribution in [0.1, 0.15) is 31.0 Å². The van der Waals surface area contributed by atoms with E-state index < -0.39 is 23.5 Å². The number of ether oxygens (including phenoxy) is 1. The van der Waals surface area contributed by atoms with Gasteiger partial charge >= 0.3 is 5.97 Å². The first-order chi connectivity index (χ1) is 9.40. The van der Waals surface area contributed by atoms with Crippen LogP contribution in [0.25, 0.3) is 0 Å². The van der Waals surface area contributed by atoms with E-state index in [0.29, 0.717) is 23.3 Å². The first kappa shape index (κ1) is 13.9. The van der Waals surface area contributed by atoms with Crippen LogP contribution in [0.5, 0.6) is 5.75 Å². The zero-order chi connectivity index (χ0) is 14.9. The number of carbonyl (C=O) groups excluding carboxylic acids is 1. The minimum atomic E-state index is -1.07. The van der Waals surface area contributed by atoms with Crippen molar-refractivity contribution >= 4 is 12.4 Å². The van der Waals surface area contributed by atoms with Crippen LogP contribution in [0.2, 0.25) is 0 Å². The van der Waals surface area contributed by atoms with Crippen LogP contribution in [0, 0.1) is 17.2 Å². The number of carboxylic acids is 1. The molecule has 0 unspecified atom stereocenters. The van der Waals surface area contributed by atoms with Crippen molar-refractivity contribution in [1.29, 1.82) is 5.26 Å². The Bertz CT molecular complexity index is 604. The maximum absolute atomic E-state index is 11.5. The van der Waals surface area contributed by atoms with Gasteiger partial charge in [0, 0.05) is 5.56 Å². The number of nitrogens with zero attached hydrogens (tertiary/aromatic N) is 1. The Morgan fingerprint density at radius 3 is 2.80 bits per heavy atom. The van der Waals surface area contributed by atoms with Crippen molar-refractivity contribution in [2.75, 3.05) is 0 Å². The molecule has 6 heteroatoms. The number of hydrogen-bond acceptors (Lipinski definition) is 4. The molecule has 2 N–H and O–H groups in total. The molecular weight excluding hydrogens is 260 g/mol. The standard InChI is InChI=1S/C14H14N2O4/c1-14(2)11(13(18)19)12(16-7-17)9-5-8(6-15)3-4-10(9)20-14/h3-5,7,11-12H,1-2H3,(H,16,17)(H,18,19)/t11-,12-/m0/s1. The van der Waals surface area contributed by atoms with Crippen LogP contribution in [0.15, 0.2) is 18.2 Å². The van der Waals surface area contributed by atoms with Crippen molar-refractivity contribution < 1.29 is 19.4 Å². The van der Waals surface area contributed by atoms with Gasteiger partial charge in [0.25, 0.3) is 0 Å². The van der Waals surface area contributed by atoms with Crippen LogP contribution >= 0.6 is 0 Å². The van der Waals surface area contributed by atoms with Crippen LogP contribution in [-0.2, 0) is 9.59 Å². The summed E-state index contributed by atoms with van der Waals surface area (Å²) >= 11 is 0. The molecule has 1 heterocycles. The van der Waals surface area contributed by atoms with E-state index in [1.54, 1.807) is 32.0 Å². The van der Waals surface area contributed by atoms with Crippen molar-refractivity contribution in [2.24, 2.45) is 5.92 Å². The van der Waals surface area contributed by atoms with Gasteiger partial charge < -0.3 is 15.2 Å². The Labute approximate surface area is 116 Å². The molecule has 20 heavy (non-hydrogen) atoms. The van der Waals surface area contributed by atoms with E-state index in [4.69, 9.17) is 10.00 Å². The average molecular weight is 274 g/mol. The van der Waals surface area contributed by atoms with Crippen LogP contribution in [0.4, 0.5) is 0 Å². The van der Waals surface area contributed by atoms with E-state index in [1.807, 2.05) is 6.07 Å². The third-order valence-electron chi connectivity index (χ3n) is 3.44. The van der Waals surface area contributed by atoms with E-state index in [0.717, 1.165) is 0 Å². The number of benzene rings is 1. The van der Waals surface area contributed by atoms with E-state index in [9.17, 15) is 14.7 Å². The second-order valence-corrected chi connectivity index (χ2v) is 5.15. The topological polar surface area (TPSA) is 99.4 Å². The summed E-state index contributed by atoms with van der Waals surface area (Å²) in [7, 11) is 0. The van der Waals surface area contributed by atoms with E-state index in [-0.39, 0.29) is 0 Å². The summed E-state index contributed by atoms with van der Waals surface area (Å²) in [6.07, 6.45) is 0.463. The molecule has 0 saturated heterocycles. The molecule has 104 valence electrons. The fourth-order valence-corrected chi connectivity index (χ4v) is 2.58. The third kappa shape index (κ3) is 2.18. The Morgan fingerprint density at radius 2 is 2.25 bits per heavy atom. The van der Waals surface area contributed by atoms with Gasteiger partial charge in [-0.1, -0.05) is 0 Å². The Balaban J connectivity index is 2.61. The zero-order valence-corrected chi connectivity index (χ0v) is 11.1. The molecule has 2 atom stereocenters. The lowest BCUT2D eigenvalue weighted by molar-refractivity contribution is -0.152. The lowest BCUT2D eigenvalue weighted by Gasteiger charge is -2.42. The van der Waals surface area contributed by atoms with Crippen LogP contribution < -0.4 is 10.1 Å². The van der Waals surface area contributed by atoms with Gasteiger partial charge in [0.1, 0.15) is 17.3 Å². The number of carboxylic acid groups (broad SMARTS) is 1. The molecule has 0 radical (unpaired) electrons. The van der Waals surface area contributed by atoms with Crippen molar-refractivity contribution in [2.45, 2.75) is 25.5 Å². The quantitative estimate of drug-likeness (QED) is 0.807. The third-order valence-corrected chi connectivity index (χ3v) is 3.44. The first-order valence-electron chi connectivity index (χ1n) is 6.06. The molecule has 1 aliphatic heterocycles. The molecular formula is C14H14N2O4. The number of fused-ring (bicyclic) bond motifs is 1. The molecule has 0 bridgehead atoms. The zero-order valence-electron chi connectivity index (χ0n) is 11.1. The van der Waals surface area contributed by atoms with Crippen molar-refractivity contribution in [3.8, 4) is 11.8 Å². The largest absolute Gasteiger partial charge is 0.486 e. The van der Waals surface area contributed by atoms with E-state index in [2.05, 4.69) is 5.32 Å². The lowest BCUT2D eigenvalue weighted by atomic mass is 9.78. The lowest BCUT2D eigenvalue weighted by Crippen LogP contribution is -2.51. The highest BCUT2D eigenvalue weighted by Crippen LogP contribution is 2.43. The molecule has 1 aromatic carbocycles. The van der Waals surface area contributed by atoms with Gasteiger partial charge in [-0.2, -0.15) is 5.26 Å². The van der Waals surface area contributed by atoms with Crippen LogP contribution in [-0.4, -0.2) is 23.1 Å². The Morgan fingerprint density at radius 1 is 1.55 bits per heavy atom. The summed E-state index contributed by atoms with van der Waals surface area (Å²) in [5.74, 6) is -1.54. The number of nitrogens with one attached hydrogen (secondary N) is 1. The van der Waals surface area contributed by atoms with Crippen molar-refractivity contribution in [1.82, 2.24) is 5.32 Å². The summed E-state index contributed by atoms with van der Waals surface area (Å²) in [4.78, 5) is 22.3. The maximum atomic E-state index is 11.5. The molecule has 1 aliphatic rings. The summed E-state index contributed by atoms with van der Waals surface area (Å²) in [6, 6.07) is 6.00. The number of aliphatic carboxylic acids is 1. The minimum Gasteiger partial charge on any atom is -0.486 e. The van der Waals surface area contributed by atoms with Gasteiger partial charge in [0.2, 0.25) is 6.41 Å². The molecule has 6 nitrogen and oxygen atoms in total. The monoisotopic (exact) mass is 274 g/mol. The Hall–Kier alpha value is -2.55. The molecule has 0 aliphatic carbocycles. The number of amides is 1.